The molecule has 4 N–H and O–H groups in total. The van der Waals surface area contributed by atoms with Crippen molar-refractivity contribution < 1.29 is 22.8 Å². The molecular formula is C28H26N8O5S2. The molecule has 0 aliphatic rings. The summed E-state index contributed by atoms with van der Waals surface area (Å²) in [7, 11) is -2.47. The summed E-state index contributed by atoms with van der Waals surface area (Å²) in [6.07, 6.45) is 1.67. The monoisotopic (exact) mass is 618 g/mol. The second-order valence-corrected chi connectivity index (χ2v) is 12.2. The molecule has 1 unspecified atom stereocenters. The number of hydrogen-bond acceptors (Lipinski definition) is 10. The maximum absolute atomic E-state index is 13.7. The number of rotatable bonds is 10. The molecule has 1 amide bonds. The van der Waals surface area contributed by atoms with Crippen molar-refractivity contribution >= 4 is 55.0 Å². The molecule has 0 saturated carbocycles. The zero-order valence-corrected chi connectivity index (χ0v) is 24.6. The van der Waals surface area contributed by atoms with Crippen LogP contribution in [0.2, 0.25) is 0 Å². The third-order valence-corrected chi connectivity index (χ3v) is 8.70. The molecule has 0 aliphatic heterocycles. The first-order chi connectivity index (χ1) is 20.6. The number of nitrogens with one attached hydrogen (secondary N) is 2. The number of nitrogens with two attached hydrogens (primary N) is 1. The number of sulfonamides is 1. The molecule has 5 rings (SSSR count). The molecule has 3 aromatic carbocycles. The van der Waals surface area contributed by atoms with Crippen LogP contribution in [0.3, 0.4) is 0 Å². The van der Waals surface area contributed by atoms with Crippen molar-refractivity contribution in [3.8, 4) is 0 Å². The number of amides is 1. The molecule has 0 radical (unpaired) electrons. The van der Waals surface area contributed by atoms with Gasteiger partial charge in [0.15, 0.2) is 11.5 Å². The van der Waals surface area contributed by atoms with Gasteiger partial charge in [0.2, 0.25) is 10.0 Å². The number of carbonyl (C=O) groups excluding carboxylic acids is 2. The summed E-state index contributed by atoms with van der Waals surface area (Å²) in [6.45, 7) is 1.21. The van der Waals surface area contributed by atoms with Crippen molar-refractivity contribution in [3.05, 3.63) is 101 Å². The molecule has 2 aromatic heterocycles. The maximum Gasteiger partial charge on any atom is 0.332 e. The highest BCUT2D eigenvalue weighted by Crippen LogP contribution is 2.30. The van der Waals surface area contributed by atoms with Gasteiger partial charge in [0.05, 0.1) is 27.4 Å². The Morgan fingerprint density at radius 2 is 1.88 bits per heavy atom. The highest BCUT2D eigenvalue weighted by molar-refractivity contribution is 7.89. The van der Waals surface area contributed by atoms with Crippen LogP contribution in [0.25, 0.3) is 10.2 Å². The Labute approximate surface area is 250 Å². The number of hydrogen-bond donors (Lipinski definition) is 3. The lowest BCUT2D eigenvalue weighted by atomic mass is 10.0. The Bertz CT molecular complexity index is 1920. The van der Waals surface area contributed by atoms with Crippen molar-refractivity contribution in [2.45, 2.75) is 24.3 Å². The van der Waals surface area contributed by atoms with E-state index in [1.54, 1.807) is 31.3 Å². The van der Waals surface area contributed by atoms with Gasteiger partial charge in [-0.1, -0.05) is 46.8 Å². The van der Waals surface area contributed by atoms with E-state index in [0.717, 1.165) is 15.8 Å². The number of nitrogens with zero attached hydrogens (tertiary/aromatic N) is 5. The number of carbonyl (C=O) groups is 2. The number of oxime groups is 1. The number of aromatic nitrogens is 4. The Balaban J connectivity index is 1.44. The fourth-order valence-electron chi connectivity index (χ4n) is 4.12. The second kappa shape index (κ2) is 12.5. The SMILES string of the molecule is CC(=O)O/N=C(/N)c1cccc(CC(NS(=O)(=O)c2cccc(NC(=O)c3cn(C)nn3)c2)c2nc3ccccc3s2)c1. The molecule has 0 fully saturated rings. The topological polar surface area (TPSA) is 184 Å². The molecule has 1 atom stereocenters. The van der Waals surface area contributed by atoms with Gasteiger partial charge in [-0.25, -0.2) is 22.9 Å². The number of benzene rings is 3. The van der Waals surface area contributed by atoms with Crippen LogP contribution in [0.5, 0.6) is 0 Å². The smallest absolute Gasteiger partial charge is 0.332 e. The quantitative estimate of drug-likeness (QED) is 0.0916. The van der Waals surface area contributed by atoms with E-state index in [1.807, 2.05) is 30.3 Å². The van der Waals surface area contributed by atoms with Gasteiger partial charge in [-0.15, -0.1) is 16.4 Å². The van der Waals surface area contributed by atoms with E-state index in [0.29, 0.717) is 10.6 Å². The van der Waals surface area contributed by atoms with Crippen LogP contribution < -0.4 is 15.8 Å². The summed E-state index contributed by atoms with van der Waals surface area (Å²) >= 11 is 1.38. The van der Waals surface area contributed by atoms with E-state index >= 15 is 0 Å². The molecule has 15 heteroatoms. The molecule has 5 aromatic rings. The van der Waals surface area contributed by atoms with E-state index in [9.17, 15) is 18.0 Å². The lowest BCUT2D eigenvalue weighted by molar-refractivity contribution is -0.140. The Kier molecular flexibility index (Phi) is 8.56. The summed E-state index contributed by atoms with van der Waals surface area (Å²) in [6, 6.07) is 19.7. The average Bonchev–Trinajstić information content (AvgIpc) is 3.62. The number of para-hydroxylation sites is 1. The predicted molar refractivity (Wildman–Crippen MR) is 161 cm³/mol. The van der Waals surface area contributed by atoms with Crippen molar-refractivity contribution in [3.63, 3.8) is 0 Å². The predicted octanol–water partition coefficient (Wildman–Crippen LogP) is 3.12. The zero-order chi connectivity index (χ0) is 30.6. The fourth-order valence-corrected chi connectivity index (χ4v) is 6.46. The minimum atomic E-state index is -4.10. The second-order valence-electron chi connectivity index (χ2n) is 9.42. The van der Waals surface area contributed by atoms with Crippen LogP contribution >= 0.6 is 11.3 Å². The van der Waals surface area contributed by atoms with Gasteiger partial charge >= 0.3 is 5.97 Å². The van der Waals surface area contributed by atoms with Crippen LogP contribution in [0.15, 0.2) is 89.0 Å². The minimum Gasteiger partial charge on any atom is -0.380 e. The summed E-state index contributed by atoms with van der Waals surface area (Å²) in [5.74, 6) is -1.14. The Hall–Kier alpha value is -4.99. The Morgan fingerprint density at radius 1 is 1.09 bits per heavy atom. The molecule has 0 aliphatic carbocycles. The highest BCUT2D eigenvalue weighted by atomic mass is 32.2. The first kappa shape index (κ1) is 29.5. The van der Waals surface area contributed by atoms with E-state index in [2.05, 4.69) is 30.3 Å². The normalized spacial score (nSPS) is 12.7. The van der Waals surface area contributed by atoms with Gasteiger partial charge in [0.25, 0.3) is 5.91 Å². The van der Waals surface area contributed by atoms with Crippen LogP contribution in [0, 0.1) is 0 Å². The molecule has 220 valence electrons. The lowest BCUT2D eigenvalue weighted by Gasteiger charge is -2.18. The fraction of sp³-hybridized carbons (Fsp3) is 0.143. The van der Waals surface area contributed by atoms with Crippen LogP contribution in [0.4, 0.5) is 5.69 Å². The lowest BCUT2D eigenvalue weighted by Crippen LogP contribution is -2.30. The van der Waals surface area contributed by atoms with E-state index in [1.165, 1.54) is 47.3 Å². The molecular weight excluding hydrogens is 592 g/mol. The van der Waals surface area contributed by atoms with Gasteiger partial charge in [0.1, 0.15) is 5.01 Å². The molecule has 13 nitrogen and oxygen atoms in total. The van der Waals surface area contributed by atoms with Gasteiger partial charge in [-0.05, 0) is 48.4 Å². The summed E-state index contributed by atoms with van der Waals surface area (Å²) < 4.78 is 32.5. The van der Waals surface area contributed by atoms with Crippen LogP contribution in [-0.4, -0.2) is 46.1 Å². The van der Waals surface area contributed by atoms with Crippen molar-refractivity contribution in [1.82, 2.24) is 24.7 Å². The van der Waals surface area contributed by atoms with Gasteiger partial charge in [-0.2, -0.15) is 0 Å². The summed E-state index contributed by atoms with van der Waals surface area (Å²) in [4.78, 5) is 33.0. The molecule has 0 spiro atoms. The van der Waals surface area contributed by atoms with E-state index in [-0.39, 0.29) is 28.5 Å². The number of aryl methyl sites for hydroxylation is 1. The minimum absolute atomic E-state index is 0.00508. The Morgan fingerprint density at radius 3 is 2.63 bits per heavy atom. The first-order valence-corrected chi connectivity index (χ1v) is 15.1. The number of fused-ring (bicyclic) bond motifs is 1. The number of thiazole rings is 1. The van der Waals surface area contributed by atoms with E-state index < -0.39 is 27.9 Å². The first-order valence-electron chi connectivity index (χ1n) is 12.8. The van der Waals surface area contributed by atoms with Crippen LogP contribution in [0.1, 0.15) is 39.6 Å². The van der Waals surface area contributed by atoms with Crippen molar-refractivity contribution in [2.75, 3.05) is 5.32 Å². The third kappa shape index (κ3) is 7.27. The zero-order valence-electron chi connectivity index (χ0n) is 23.0. The van der Waals surface area contributed by atoms with Gasteiger partial charge in [-0.3, -0.25) is 9.48 Å². The summed E-state index contributed by atoms with van der Waals surface area (Å²) in [5, 5.41) is 14.4. The van der Waals surface area contributed by atoms with Gasteiger partial charge in [0, 0.05) is 25.2 Å². The van der Waals surface area contributed by atoms with Crippen molar-refractivity contribution in [2.24, 2.45) is 17.9 Å². The molecule has 0 saturated heterocycles. The number of amidine groups is 1. The van der Waals surface area contributed by atoms with Crippen molar-refractivity contribution in [1.29, 1.82) is 0 Å². The number of anilines is 1. The summed E-state index contributed by atoms with van der Waals surface area (Å²) in [5.41, 5.74) is 8.31. The van der Waals surface area contributed by atoms with Crippen LogP contribution in [-0.2, 0) is 33.1 Å². The molecule has 0 bridgehead atoms. The third-order valence-electron chi connectivity index (χ3n) is 6.08. The average molecular weight is 619 g/mol. The standard InChI is InChI=1S/C28H26N8O5S2/c1-17(37)41-33-26(29)19-8-5-7-18(13-19)14-23(28-31-22-11-3-4-12-25(22)42-28)34-43(39,40)21-10-6-9-20(15-21)30-27(38)24-16-36(2)35-32-24/h3-13,15-16,23,34H,14H2,1-2H3,(H2,29,33)(H,30,38). The molecule has 43 heavy (non-hydrogen) atoms. The highest BCUT2D eigenvalue weighted by Gasteiger charge is 2.25. The maximum atomic E-state index is 13.7. The van der Waals surface area contributed by atoms with E-state index in [4.69, 9.17) is 10.7 Å². The molecule has 2 heterocycles. The van der Waals surface area contributed by atoms with Gasteiger partial charge < -0.3 is 15.9 Å². The largest absolute Gasteiger partial charge is 0.380 e.